The number of rotatable bonds is 3. The van der Waals surface area contributed by atoms with Gasteiger partial charge in [0.15, 0.2) is 0 Å². The molecule has 3 atom stereocenters. The maximum atomic E-state index is 12.5. The van der Waals surface area contributed by atoms with Gasteiger partial charge in [0.05, 0.1) is 5.25 Å². The number of likely N-dealkylation sites (tertiary alicyclic amines) is 1. The zero-order valence-electron chi connectivity index (χ0n) is 11.9. The van der Waals surface area contributed by atoms with Crippen LogP contribution in [0.25, 0.3) is 0 Å². The van der Waals surface area contributed by atoms with Gasteiger partial charge in [0, 0.05) is 31.0 Å². The van der Waals surface area contributed by atoms with Crippen LogP contribution in [0.1, 0.15) is 51.4 Å². The molecule has 1 saturated carbocycles. The summed E-state index contributed by atoms with van der Waals surface area (Å²) >= 11 is 0. The normalized spacial score (nSPS) is 37.5. The van der Waals surface area contributed by atoms with Crippen molar-refractivity contribution in [2.24, 2.45) is 0 Å². The van der Waals surface area contributed by atoms with Crippen molar-refractivity contribution >= 4 is 21.8 Å². The summed E-state index contributed by atoms with van der Waals surface area (Å²) in [4.78, 5) is 25.2. The summed E-state index contributed by atoms with van der Waals surface area (Å²) in [5, 5.41) is -0.174. The first-order valence-electron chi connectivity index (χ1n) is 7.85. The second-order valence-corrected chi connectivity index (χ2v) is 8.86. The van der Waals surface area contributed by atoms with E-state index < -0.39 is 10.0 Å². The van der Waals surface area contributed by atoms with E-state index >= 15 is 0 Å². The number of piperidine rings is 1. The third-order valence-corrected chi connectivity index (χ3v) is 7.83. The van der Waals surface area contributed by atoms with Crippen LogP contribution in [0.3, 0.4) is 0 Å². The summed E-state index contributed by atoms with van der Waals surface area (Å²) in [6.45, 7) is 0. The number of sulfonamides is 1. The molecule has 6 nitrogen and oxygen atoms in total. The van der Waals surface area contributed by atoms with Crippen LogP contribution in [0.2, 0.25) is 0 Å². The summed E-state index contributed by atoms with van der Waals surface area (Å²) in [5.41, 5.74) is 0. The van der Waals surface area contributed by atoms with Crippen LogP contribution in [-0.2, 0) is 19.6 Å². The quantitative estimate of drug-likeness (QED) is 0.716. The molecule has 1 unspecified atom stereocenters. The van der Waals surface area contributed by atoms with Gasteiger partial charge in [-0.2, -0.15) is 4.31 Å². The van der Waals surface area contributed by atoms with E-state index in [4.69, 9.17) is 0 Å². The van der Waals surface area contributed by atoms with Crippen LogP contribution >= 0.6 is 0 Å². The maximum Gasteiger partial charge on any atom is 0.229 e. The van der Waals surface area contributed by atoms with Gasteiger partial charge in [-0.3, -0.25) is 14.5 Å². The standard InChI is InChI=1S/C14H20N2O4S/c17-13-5-6-14(18)15(13)11-7-9-1-2-10(8-11)16(9)21(19,20)12-3-4-12/h9-12H,1-8H2/t9-,10+,11?. The Morgan fingerprint density at radius 1 is 0.810 bits per heavy atom. The van der Waals surface area contributed by atoms with E-state index in [0.717, 1.165) is 25.7 Å². The molecule has 3 saturated heterocycles. The Hall–Kier alpha value is -0.950. The molecule has 2 amide bonds. The van der Waals surface area contributed by atoms with Crippen LogP contribution in [0.5, 0.6) is 0 Å². The number of nitrogens with zero attached hydrogens (tertiary/aromatic N) is 2. The molecule has 2 bridgehead atoms. The second kappa shape index (κ2) is 4.52. The van der Waals surface area contributed by atoms with Crippen LogP contribution in [-0.4, -0.2) is 52.8 Å². The van der Waals surface area contributed by atoms with E-state index in [1.54, 1.807) is 4.31 Å². The molecule has 0 aromatic rings. The number of imide groups is 1. The molecule has 7 heteroatoms. The highest BCUT2D eigenvalue weighted by molar-refractivity contribution is 7.90. The average Bonchev–Trinajstić information content (AvgIpc) is 3.18. The van der Waals surface area contributed by atoms with E-state index in [2.05, 4.69) is 0 Å². The van der Waals surface area contributed by atoms with Crippen LogP contribution in [0, 0.1) is 0 Å². The van der Waals surface area contributed by atoms with Gasteiger partial charge >= 0.3 is 0 Å². The fourth-order valence-corrected chi connectivity index (χ4v) is 6.56. The minimum absolute atomic E-state index is 0.0134. The second-order valence-electron chi connectivity index (χ2n) is 6.74. The third-order valence-electron chi connectivity index (χ3n) is 5.34. The lowest BCUT2D eigenvalue weighted by atomic mass is 9.98. The molecular formula is C14H20N2O4S. The van der Waals surface area contributed by atoms with Gasteiger partial charge in [0.25, 0.3) is 0 Å². The molecule has 4 fully saturated rings. The SMILES string of the molecule is O=C1CCC(=O)N1C1C[C@H]2CC[C@@H](C1)N2S(=O)(=O)C1CC1. The fraction of sp³-hybridized carbons (Fsp3) is 0.857. The van der Waals surface area contributed by atoms with E-state index in [9.17, 15) is 18.0 Å². The van der Waals surface area contributed by atoms with Crippen molar-refractivity contribution in [3.05, 3.63) is 0 Å². The third kappa shape index (κ3) is 2.04. The van der Waals surface area contributed by atoms with Gasteiger partial charge in [-0.15, -0.1) is 0 Å². The molecule has 0 aromatic carbocycles. The summed E-state index contributed by atoms with van der Waals surface area (Å²) in [5.74, 6) is -0.161. The Labute approximate surface area is 124 Å². The lowest BCUT2D eigenvalue weighted by molar-refractivity contribution is -0.142. The summed E-state index contributed by atoms with van der Waals surface area (Å²) in [6.07, 6.45) is 5.17. The predicted molar refractivity (Wildman–Crippen MR) is 74.7 cm³/mol. The minimum Gasteiger partial charge on any atom is -0.279 e. The van der Waals surface area contributed by atoms with E-state index in [1.807, 2.05) is 0 Å². The Bertz CT molecular complexity index is 568. The van der Waals surface area contributed by atoms with E-state index in [1.165, 1.54) is 4.90 Å². The van der Waals surface area contributed by atoms with Crippen LogP contribution < -0.4 is 0 Å². The van der Waals surface area contributed by atoms with Crippen molar-refractivity contribution in [3.8, 4) is 0 Å². The first kappa shape index (κ1) is 13.7. The first-order chi connectivity index (χ1) is 9.98. The number of fused-ring (bicyclic) bond motifs is 2. The van der Waals surface area contributed by atoms with Crippen LogP contribution in [0.4, 0.5) is 0 Å². The number of hydrogen-bond donors (Lipinski definition) is 0. The summed E-state index contributed by atoms with van der Waals surface area (Å²) < 4.78 is 26.8. The van der Waals surface area contributed by atoms with Crippen molar-refractivity contribution in [2.45, 2.75) is 74.7 Å². The van der Waals surface area contributed by atoms with Gasteiger partial charge in [-0.1, -0.05) is 0 Å². The number of carbonyl (C=O) groups is 2. The Morgan fingerprint density at radius 2 is 1.33 bits per heavy atom. The molecule has 3 aliphatic heterocycles. The predicted octanol–water partition coefficient (Wildman–Crippen LogP) is 0.623. The molecule has 0 spiro atoms. The van der Waals surface area contributed by atoms with Crippen molar-refractivity contribution in [1.82, 2.24) is 9.21 Å². The van der Waals surface area contributed by atoms with Crippen molar-refractivity contribution in [3.63, 3.8) is 0 Å². The van der Waals surface area contributed by atoms with Gasteiger partial charge in [-0.05, 0) is 38.5 Å². The first-order valence-corrected chi connectivity index (χ1v) is 9.36. The highest BCUT2D eigenvalue weighted by Crippen LogP contribution is 2.44. The zero-order valence-corrected chi connectivity index (χ0v) is 12.7. The highest BCUT2D eigenvalue weighted by atomic mass is 32.2. The lowest BCUT2D eigenvalue weighted by Gasteiger charge is -2.40. The molecule has 1 aliphatic carbocycles. The van der Waals surface area contributed by atoms with Crippen molar-refractivity contribution in [1.29, 1.82) is 0 Å². The summed E-state index contributed by atoms with van der Waals surface area (Å²) in [7, 11) is -3.15. The monoisotopic (exact) mass is 312 g/mol. The molecule has 21 heavy (non-hydrogen) atoms. The van der Waals surface area contributed by atoms with E-state index in [0.29, 0.717) is 25.7 Å². The molecule has 4 aliphatic rings. The molecule has 3 heterocycles. The highest BCUT2D eigenvalue weighted by Gasteiger charge is 2.53. The minimum atomic E-state index is -3.15. The average molecular weight is 312 g/mol. The van der Waals surface area contributed by atoms with Crippen molar-refractivity contribution in [2.75, 3.05) is 0 Å². The van der Waals surface area contributed by atoms with Gasteiger partial charge in [0.1, 0.15) is 0 Å². The van der Waals surface area contributed by atoms with Gasteiger partial charge in [-0.25, -0.2) is 8.42 Å². The maximum absolute atomic E-state index is 12.5. The Balaban J connectivity index is 1.56. The number of carbonyl (C=O) groups excluding carboxylic acids is 2. The van der Waals surface area contributed by atoms with Crippen LogP contribution in [0.15, 0.2) is 0 Å². The molecule has 0 aromatic heterocycles. The number of amides is 2. The molecule has 0 radical (unpaired) electrons. The fourth-order valence-electron chi connectivity index (χ4n) is 4.27. The smallest absolute Gasteiger partial charge is 0.229 e. The molecule has 116 valence electrons. The zero-order chi connectivity index (χ0) is 14.8. The Kier molecular flexibility index (Phi) is 2.95. The number of hydrogen-bond acceptors (Lipinski definition) is 4. The topological polar surface area (TPSA) is 74.8 Å². The lowest BCUT2D eigenvalue weighted by Crippen LogP contribution is -2.54. The van der Waals surface area contributed by atoms with Gasteiger partial charge in [0.2, 0.25) is 21.8 Å². The Morgan fingerprint density at radius 3 is 1.81 bits per heavy atom. The molecule has 4 rings (SSSR count). The summed E-state index contributed by atoms with van der Waals surface area (Å²) in [6, 6.07) is -0.114. The molecule has 0 N–H and O–H groups in total. The van der Waals surface area contributed by atoms with E-state index in [-0.39, 0.29) is 35.2 Å². The molecular weight excluding hydrogens is 292 g/mol. The largest absolute Gasteiger partial charge is 0.279 e. The van der Waals surface area contributed by atoms with Crippen molar-refractivity contribution < 1.29 is 18.0 Å². The van der Waals surface area contributed by atoms with Gasteiger partial charge < -0.3 is 0 Å².